The number of halogens is 1. The molecule has 0 saturated carbocycles. The lowest BCUT2D eigenvalue weighted by atomic mass is 10.0. The number of esters is 1. The van der Waals surface area contributed by atoms with E-state index in [1.165, 1.54) is 135 Å². The second kappa shape index (κ2) is 29.6. The van der Waals surface area contributed by atoms with Crippen molar-refractivity contribution >= 4 is 5.97 Å². The van der Waals surface area contributed by atoms with Crippen LogP contribution in [0.1, 0.15) is 187 Å². The van der Waals surface area contributed by atoms with E-state index in [4.69, 9.17) is 4.74 Å². The molecular formula is C32H63FO2. The molecule has 0 N–H and O–H groups in total. The topological polar surface area (TPSA) is 26.3 Å². The number of carbonyl (C=O) groups excluding carboxylic acids is 1. The molecule has 3 heteroatoms. The van der Waals surface area contributed by atoms with E-state index in [9.17, 15) is 9.18 Å². The highest BCUT2D eigenvalue weighted by Gasteiger charge is 2.17. The summed E-state index contributed by atoms with van der Waals surface area (Å²) in [6.45, 7) is 4.92. The van der Waals surface area contributed by atoms with Gasteiger partial charge in [-0.2, -0.15) is 0 Å². The predicted molar refractivity (Wildman–Crippen MR) is 152 cm³/mol. The Balaban J connectivity index is 3.28. The van der Waals surface area contributed by atoms with Gasteiger partial charge in [0.25, 0.3) is 0 Å². The Hall–Kier alpha value is -0.600. The summed E-state index contributed by atoms with van der Waals surface area (Å²) < 4.78 is 19.2. The smallest absolute Gasteiger partial charge is 0.340 e. The maximum atomic E-state index is 14.0. The molecule has 0 spiro atoms. The van der Waals surface area contributed by atoms with Gasteiger partial charge in [0.05, 0.1) is 6.61 Å². The van der Waals surface area contributed by atoms with E-state index >= 15 is 0 Å². The third-order valence-electron chi connectivity index (χ3n) is 7.31. The number of hydrogen-bond acceptors (Lipinski definition) is 2. The van der Waals surface area contributed by atoms with Crippen molar-refractivity contribution in [2.24, 2.45) is 0 Å². The average Bonchev–Trinajstić information content (AvgIpc) is 2.86. The largest absolute Gasteiger partial charge is 0.464 e. The van der Waals surface area contributed by atoms with Crippen molar-refractivity contribution in [3.05, 3.63) is 0 Å². The van der Waals surface area contributed by atoms with E-state index in [-0.39, 0.29) is 0 Å². The van der Waals surface area contributed by atoms with Crippen molar-refractivity contribution < 1.29 is 13.9 Å². The molecule has 0 aliphatic carbocycles. The van der Waals surface area contributed by atoms with E-state index in [0.717, 1.165) is 32.1 Å². The zero-order valence-corrected chi connectivity index (χ0v) is 24.1. The standard InChI is InChI=1S/C32H63FO2/c1-3-5-7-9-11-13-15-17-18-20-22-24-26-28-30-35-32(34)31(33)29-27-25-23-21-19-16-14-12-10-8-6-4-2/h31H,3-30H2,1-2H3. The molecule has 0 fully saturated rings. The molecule has 0 aliphatic rings. The molecule has 0 aromatic carbocycles. The lowest BCUT2D eigenvalue weighted by Gasteiger charge is -2.09. The number of ether oxygens (including phenoxy) is 1. The monoisotopic (exact) mass is 498 g/mol. The molecule has 1 unspecified atom stereocenters. The number of carbonyl (C=O) groups is 1. The second-order valence-electron chi connectivity index (χ2n) is 10.9. The van der Waals surface area contributed by atoms with E-state index < -0.39 is 12.1 Å². The minimum atomic E-state index is -1.43. The molecule has 1 atom stereocenters. The molecule has 0 aromatic heterocycles. The molecule has 0 bridgehead atoms. The zero-order chi connectivity index (χ0) is 25.7. The lowest BCUT2D eigenvalue weighted by Crippen LogP contribution is -2.19. The van der Waals surface area contributed by atoms with Crippen LogP contribution >= 0.6 is 0 Å². The Morgan fingerprint density at radius 2 is 0.771 bits per heavy atom. The van der Waals surface area contributed by atoms with E-state index in [1.807, 2.05) is 0 Å². The van der Waals surface area contributed by atoms with Gasteiger partial charge in [-0.1, -0.05) is 168 Å². The molecule has 0 rings (SSSR count). The van der Waals surface area contributed by atoms with Crippen molar-refractivity contribution in [1.82, 2.24) is 0 Å². The van der Waals surface area contributed by atoms with Gasteiger partial charge in [0.1, 0.15) is 0 Å². The molecule has 210 valence electrons. The van der Waals surface area contributed by atoms with Gasteiger partial charge in [-0.05, 0) is 19.3 Å². The van der Waals surface area contributed by atoms with E-state index in [1.54, 1.807) is 0 Å². The summed E-state index contributed by atoms with van der Waals surface area (Å²) in [5.74, 6) is -0.636. The van der Waals surface area contributed by atoms with Gasteiger partial charge in [-0.15, -0.1) is 0 Å². The van der Waals surface area contributed by atoms with Crippen LogP contribution in [0.15, 0.2) is 0 Å². The summed E-state index contributed by atoms with van der Waals surface area (Å²) in [6.07, 6.45) is 32.2. The minimum Gasteiger partial charge on any atom is -0.464 e. The quantitative estimate of drug-likeness (QED) is 0.0757. The third-order valence-corrected chi connectivity index (χ3v) is 7.31. The molecular weight excluding hydrogens is 435 g/mol. The molecule has 0 saturated heterocycles. The number of hydrogen-bond donors (Lipinski definition) is 0. The van der Waals surface area contributed by atoms with E-state index in [2.05, 4.69) is 13.8 Å². The maximum absolute atomic E-state index is 14.0. The highest BCUT2D eigenvalue weighted by Crippen LogP contribution is 2.15. The fourth-order valence-corrected chi connectivity index (χ4v) is 4.84. The second-order valence-corrected chi connectivity index (χ2v) is 10.9. The van der Waals surface area contributed by atoms with Crippen LogP contribution in [0.2, 0.25) is 0 Å². The molecule has 0 aromatic rings. The summed E-state index contributed by atoms with van der Waals surface area (Å²) in [7, 11) is 0. The number of unbranched alkanes of at least 4 members (excludes halogenated alkanes) is 24. The van der Waals surface area contributed by atoms with Gasteiger partial charge in [0, 0.05) is 0 Å². The van der Waals surface area contributed by atoms with Crippen molar-refractivity contribution in [2.45, 2.75) is 193 Å². The van der Waals surface area contributed by atoms with Crippen LogP contribution in [0.5, 0.6) is 0 Å². The number of alkyl halides is 1. The molecule has 35 heavy (non-hydrogen) atoms. The Kier molecular flexibility index (Phi) is 29.1. The van der Waals surface area contributed by atoms with Crippen LogP contribution in [0.3, 0.4) is 0 Å². The average molecular weight is 499 g/mol. The molecule has 0 heterocycles. The molecule has 0 aliphatic heterocycles. The first-order chi connectivity index (χ1) is 17.2. The van der Waals surface area contributed by atoms with Gasteiger partial charge in [0.2, 0.25) is 0 Å². The van der Waals surface area contributed by atoms with Gasteiger partial charge < -0.3 is 4.74 Å². The Morgan fingerprint density at radius 1 is 0.486 bits per heavy atom. The van der Waals surface area contributed by atoms with Crippen LogP contribution in [-0.4, -0.2) is 18.7 Å². The normalized spacial score (nSPS) is 12.2. The van der Waals surface area contributed by atoms with Gasteiger partial charge in [-0.25, -0.2) is 9.18 Å². The van der Waals surface area contributed by atoms with Gasteiger partial charge >= 0.3 is 5.97 Å². The molecule has 0 amide bonds. The molecule has 0 radical (unpaired) electrons. The van der Waals surface area contributed by atoms with Crippen molar-refractivity contribution in [3.8, 4) is 0 Å². The Bertz CT molecular complexity index is 412. The first-order valence-corrected chi connectivity index (χ1v) is 16.0. The Morgan fingerprint density at radius 3 is 1.11 bits per heavy atom. The van der Waals surface area contributed by atoms with Crippen LogP contribution in [0, 0.1) is 0 Å². The van der Waals surface area contributed by atoms with Crippen LogP contribution in [0.4, 0.5) is 4.39 Å². The third kappa shape index (κ3) is 27.8. The van der Waals surface area contributed by atoms with Crippen molar-refractivity contribution in [1.29, 1.82) is 0 Å². The summed E-state index contributed by atoms with van der Waals surface area (Å²) in [4.78, 5) is 11.8. The Labute approximate surface area is 219 Å². The van der Waals surface area contributed by atoms with Gasteiger partial charge in [-0.3, -0.25) is 0 Å². The summed E-state index contributed by atoms with van der Waals surface area (Å²) in [5, 5.41) is 0. The summed E-state index contributed by atoms with van der Waals surface area (Å²) in [5.41, 5.74) is 0. The van der Waals surface area contributed by atoms with E-state index in [0.29, 0.717) is 13.0 Å². The first kappa shape index (κ1) is 34.4. The minimum absolute atomic E-state index is 0.328. The molecule has 2 nitrogen and oxygen atoms in total. The number of rotatable bonds is 29. The maximum Gasteiger partial charge on any atom is 0.340 e. The van der Waals surface area contributed by atoms with Crippen LogP contribution in [-0.2, 0) is 9.53 Å². The van der Waals surface area contributed by atoms with Crippen LogP contribution < -0.4 is 0 Å². The summed E-state index contributed by atoms with van der Waals surface area (Å²) >= 11 is 0. The van der Waals surface area contributed by atoms with Gasteiger partial charge in [0.15, 0.2) is 6.17 Å². The predicted octanol–water partition coefficient (Wildman–Crippen LogP) is 11.4. The summed E-state index contributed by atoms with van der Waals surface area (Å²) in [6, 6.07) is 0. The first-order valence-electron chi connectivity index (χ1n) is 16.0. The lowest BCUT2D eigenvalue weighted by molar-refractivity contribution is -0.150. The van der Waals surface area contributed by atoms with Crippen molar-refractivity contribution in [2.75, 3.05) is 6.61 Å². The zero-order valence-electron chi connectivity index (χ0n) is 24.1. The van der Waals surface area contributed by atoms with Crippen LogP contribution in [0.25, 0.3) is 0 Å². The highest BCUT2D eigenvalue weighted by atomic mass is 19.1. The van der Waals surface area contributed by atoms with Crippen molar-refractivity contribution in [3.63, 3.8) is 0 Å². The SMILES string of the molecule is CCCCCCCCCCCCCCCCOC(=O)C(F)CCCCCCCCCCCCCC. The fourth-order valence-electron chi connectivity index (χ4n) is 4.84. The highest BCUT2D eigenvalue weighted by molar-refractivity contribution is 5.74. The fraction of sp³-hybridized carbons (Fsp3) is 0.969.